The minimum absolute atomic E-state index is 0.107. The molecule has 0 amide bonds. The summed E-state index contributed by atoms with van der Waals surface area (Å²) < 4.78 is 43.8. The molecule has 0 unspecified atom stereocenters. The van der Waals surface area contributed by atoms with Gasteiger partial charge in [0.15, 0.2) is 0 Å². The number of aryl methyl sites for hydroxylation is 1. The summed E-state index contributed by atoms with van der Waals surface area (Å²) in [5, 5.41) is 0. The molecule has 3 nitrogen and oxygen atoms in total. The highest BCUT2D eigenvalue weighted by Crippen LogP contribution is 2.34. The minimum Gasteiger partial charge on any atom is -0.461 e. The highest BCUT2D eigenvalue weighted by molar-refractivity contribution is 5.90. The van der Waals surface area contributed by atoms with Crippen LogP contribution in [0.2, 0.25) is 0 Å². The van der Waals surface area contributed by atoms with Crippen molar-refractivity contribution < 1.29 is 22.7 Å². The van der Waals surface area contributed by atoms with Crippen molar-refractivity contribution in [1.82, 2.24) is 4.98 Å². The number of hydrogen-bond acceptors (Lipinski definition) is 3. The molecular weight excluding hydrogens is 379 g/mol. The molecule has 150 valence electrons. The Morgan fingerprint density at radius 2 is 1.52 bits per heavy atom. The zero-order chi connectivity index (χ0) is 21.0. The Morgan fingerprint density at radius 1 is 0.897 bits per heavy atom. The lowest BCUT2D eigenvalue weighted by atomic mass is 9.97. The summed E-state index contributed by atoms with van der Waals surface area (Å²) in [5.74, 6) is -0.575. The third kappa shape index (κ3) is 4.65. The van der Waals surface area contributed by atoms with Crippen molar-refractivity contribution in [2.45, 2.75) is 26.4 Å². The maximum atomic E-state index is 12.9. The fraction of sp³-hybridized carbons (Fsp3) is 0.217. The van der Waals surface area contributed by atoms with Gasteiger partial charge >= 0.3 is 12.1 Å². The van der Waals surface area contributed by atoms with E-state index in [0.717, 1.165) is 29.7 Å². The third-order valence-corrected chi connectivity index (χ3v) is 4.54. The molecule has 0 aliphatic carbocycles. The molecule has 1 heterocycles. The smallest absolute Gasteiger partial charge is 0.416 e. The number of halogens is 3. The van der Waals surface area contributed by atoms with Gasteiger partial charge in [-0.25, -0.2) is 9.78 Å². The molecule has 0 spiro atoms. The molecule has 6 heteroatoms. The monoisotopic (exact) mass is 399 g/mol. The second-order valence-corrected chi connectivity index (χ2v) is 6.44. The molecule has 1 aromatic heterocycles. The number of ether oxygens (including phenoxy) is 1. The van der Waals surface area contributed by atoms with Gasteiger partial charge in [-0.05, 0) is 48.7 Å². The van der Waals surface area contributed by atoms with Crippen molar-refractivity contribution in [2.24, 2.45) is 0 Å². The van der Waals surface area contributed by atoms with E-state index < -0.39 is 17.7 Å². The number of alkyl halides is 3. The number of aromatic nitrogens is 1. The summed E-state index contributed by atoms with van der Waals surface area (Å²) in [6, 6.07) is 15.9. The Bertz CT molecular complexity index is 994. The number of carbonyl (C=O) groups excluding carboxylic acids is 1. The highest BCUT2D eigenvalue weighted by Gasteiger charge is 2.30. The molecule has 0 aliphatic rings. The van der Waals surface area contributed by atoms with E-state index in [2.05, 4.69) is 11.9 Å². The average molecular weight is 399 g/mol. The number of rotatable bonds is 5. The molecular formula is C23H20F3NO2. The Kier molecular flexibility index (Phi) is 6.01. The molecule has 3 rings (SSSR count). The summed E-state index contributed by atoms with van der Waals surface area (Å²) >= 11 is 0. The molecule has 0 saturated heterocycles. The van der Waals surface area contributed by atoms with Gasteiger partial charge in [0.1, 0.15) is 5.69 Å². The van der Waals surface area contributed by atoms with Gasteiger partial charge in [-0.2, -0.15) is 13.2 Å². The molecule has 2 aromatic carbocycles. The standard InChI is InChI=1S/C23H20F3NO2/c1-3-15-5-7-16(8-6-15)19-13-14-20(22(28)29-4-2)27-21(19)17-9-11-18(12-10-17)23(24,25)26/h5-14H,3-4H2,1-2H3. The van der Waals surface area contributed by atoms with Crippen molar-refractivity contribution in [3.63, 3.8) is 0 Å². The first-order valence-electron chi connectivity index (χ1n) is 9.28. The molecule has 0 N–H and O–H groups in total. The number of benzene rings is 2. The first kappa shape index (κ1) is 20.6. The fourth-order valence-corrected chi connectivity index (χ4v) is 2.97. The Morgan fingerprint density at radius 3 is 2.07 bits per heavy atom. The van der Waals surface area contributed by atoms with Crippen molar-refractivity contribution >= 4 is 5.97 Å². The zero-order valence-corrected chi connectivity index (χ0v) is 16.1. The van der Waals surface area contributed by atoms with Gasteiger partial charge in [0.2, 0.25) is 0 Å². The van der Waals surface area contributed by atoms with Crippen LogP contribution in [0.5, 0.6) is 0 Å². The number of nitrogens with zero attached hydrogens (tertiary/aromatic N) is 1. The number of esters is 1. The average Bonchev–Trinajstić information content (AvgIpc) is 2.73. The number of pyridine rings is 1. The third-order valence-electron chi connectivity index (χ3n) is 4.54. The summed E-state index contributed by atoms with van der Waals surface area (Å²) in [7, 11) is 0. The van der Waals surface area contributed by atoms with Crippen LogP contribution in [-0.4, -0.2) is 17.6 Å². The largest absolute Gasteiger partial charge is 0.461 e. The Balaban J connectivity index is 2.12. The SMILES string of the molecule is CCOC(=O)c1ccc(-c2ccc(CC)cc2)c(-c2ccc(C(F)(F)F)cc2)n1. The molecule has 0 atom stereocenters. The zero-order valence-electron chi connectivity index (χ0n) is 16.1. The van der Waals surface area contributed by atoms with Crippen LogP contribution >= 0.6 is 0 Å². The van der Waals surface area contributed by atoms with Gasteiger partial charge in [-0.3, -0.25) is 0 Å². The van der Waals surface area contributed by atoms with E-state index in [1.54, 1.807) is 19.1 Å². The molecule has 0 bridgehead atoms. The van der Waals surface area contributed by atoms with Crippen LogP contribution in [0.1, 0.15) is 35.5 Å². The second kappa shape index (κ2) is 8.47. The van der Waals surface area contributed by atoms with Crippen LogP contribution in [0.15, 0.2) is 60.7 Å². The molecule has 3 aromatic rings. The normalized spacial score (nSPS) is 11.3. The van der Waals surface area contributed by atoms with Crippen molar-refractivity contribution in [1.29, 1.82) is 0 Å². The Labute approximate surface area is 167 Å². The summed E-state index contributed by atoms with van der Waals surface area (Å²) in [5.41, 5.74) is 3.03. The highest BCUT2D eigenvalue weighted by atomic mass is 19.4. The summed E-state index contributed by atoms with van der Waals surface area (Å²) in [6.45, 7) is 3.95. The van der Waals surface area contributed by atoms with E-state index in [1.165, 1.54) is 17.7 Å². The van der Waals surface area contributed by atoms with Crippen LogP contribution < -0.4 is 0 Å². The summed E-state index contributed by atoms with van der Waals surface area (Å²) in [6.07, 6.45) is -3.52. The first-order valence-corrected chi connectivity index (χ1v) is 9.28. The van der Waals surface area contributed by atoms with Crippen LogP contribution in [0.4, 0.5) is 13.2 Å². The lowest BCUT2D eigenvalue weighted by molar-refractivity contribution is -0.137. The van der Waals surface area contributed by atoms with E-state index in [4.69, 9.17) is 4.74 Å². The van der Waals surface area contributed by atoms with Gasteiger partial charge in [0.25, 0.3) is 0 Å². The molecule has 0 saturated carbocycles. The topological polar surface area (TPSA) is 39.2 Å². The van der Waals surface area contributed by atoms with Crippen LogP contribution in [-0.2, 0) is 17.3 Å². The first-order chi connectivity index (χ1) is 13.8. The summed E-state index contributed by atoms with van der Waals surface area (Å²) in [4.78, 5) is 16.5. The minimum atomic E-state index is -4.42. The van der Waals surface area contributed by atoms with Crippen LogP contribution in [0.3, 0.4) is 0 Å². The lowest BCUT2D eigenvalue weighted by Gasteiger charge is -2.13. The van der Waals surface area contributed by atoms with Gasteiger partial charge in [0.05, 0.1) is 17.9 Å². The molecule has 0 fully saturated rings. The van der Waals surface area contributed by atoms with Crippen molar-refractivity contribution in [3.8, 4) is 22.4 Å². The quantitative estimate of drug-likeness (QED) is 0.482. The van der Waals surface area contributed by atoms with E-state index in [1.807, 2.05) is 24.3 Å². The second-order valence-electron chi connectivity index (χ2n) is 6.44. The Hall–Kier alpha value is -3.15. The molecule has 29 heavy (non-hydrogen) atoms. The van der Waals surface area contributed by atoms with Gasteiger partial charge in [0, 0.05) is 11.1 Å². The number of hydrogen-bond donors (Lipinski definition) is 0. The van der Waals surface area contributed by atoms with Gasteiger partial charge < -0.3 is 4.74 Å². The van der Waals surface area contributed by atoms with Crippen LogP contribution in [0, 0.1) is 0 Å². The predicted molar refractivity (Wildman–Crippen MR) is 105 cm³/mol. The maximum Gasteiger partial charge on any atom is 0.416 e. The van der Waals surface area contributed by atoms with Crippen molar-refractivity contribution in [3.05, 3.63) is 77.5 Å². The van der Waals surface area contributed by atoms with Gasteiger partial charge in [-0.1, -0.05) is 43.3 Å². The van der Waals surface area contributed by atoms with E-state index in [0.29, 0.717) is 11.3 Å². The van der Waals surface area contributed by atoms with Crippen molar-refractivity contribution in [2.75, 3.05) is 6.61 Å². The van der Waals surface area contributed by atoms with E-state index in [9.17, 15) is 18.0 Å². The molecule has 0 aliphatic heterocycles. The van der Waals surface area contributed by atoms with Gasteiger partial charge in [-0.15, -0.1) is 0 Å². The maximum absolute atomic E-state index is 12.9. The van der Waals surface area contributed by atoms with E-state index >= 15 is 0 Å². The van der Waals surface area contributed by atoms with E-state index in [-0.39, 0.29) is 12.3 Å². The number of carbonyl (C=O) groups is 1. The fourth-order valence-electron chi connectivity index (χ4n) is 2.97. The van der Waals surface area contributed by atoms with Crippen LogP contribution in [0.25, 0.3) is 22.4 Å². The predicted octanol–water partition coefficient (Wildman–Crippen LogP) is 6.17. The lowest BCUT2D eigenvalue weighted by Crippen LogP contribution is -2.08. The molecule has 0 radical (unpaired) electrons.